The second-order valence-corrected chi connectivity index (χ2v) is 8.00. The van der Waals surface area contributed by atoms with Gasteiger partial charge in [-0.15, -0.1) is 0 Å². The molecule has 1 unspecified atom stereocenters. The number of aromatic carboxylic acids is 1. The zero-order valence-corrected chi connectivity index (χ0v) is 18.6. The molecule has 1 N–H and O–H groups in total. The molecule has 1 aliphatic heterocycles. The molecular weight excluding hydrogens is 460 g/mol. The first kappa shape index (κ1) is 23.7. The smallest absolute Gasteiger partial charge is 0.337 e. The van der Waals surface area contributed by atoms with Gasteiger partial charge in [0.1, 0.15) is 10.3 Å². The molecule has 1 amide bonds. The van der Waals surface area contributed by atoms with E-state index in [1.165, 1.54) is 18.7 Å². The van der Waals surface area contributed by atoms with E-state index >= 15 is 0 Å². The van der Waals surface area contributed by atoms with Crippen molar-refractivity contribution in [1.29, 1.82) is 0 Å². The normalized spacial score (nSPS) is 16.0. The van der Waals surface area contributed by atoms with Gasteiger partial charge in [0.25, 0.3) is 5.91 Å². The first-order valence-corrected chi connectivity index (χ1v) is 10.4. The van der Waals surface area contributed by atoms with Crippen LogP contribution in [0.5, 0.6) is 0 Å². The fourth-order valence-corrected chi connectivity index (χ4v) is 3.38. The van der Waals surface area contributed by atoms with Crippen LogP contribution in [-0.4, -0.2) is 44.9 Å². The molecule has 1 aliphatic rings. The molecule has 3 rings (SSSR count). The molecule has 0 saturated carbocycles. The van der Waals surface area contributed by atoms with Gasteiger partial charge >= 0.3 is 5.97 Å². The van der Waals surface area contributed by atoms with Crippen LogP contribution in [0.3, 0.4) is 0 Å². The van der Waals surface area contributed by atoms with Gasteiger partial charge in [0.2, 0.25) is 0 Å². The Balaban J connectivity index is 0.000000234. The molecule has 2 aromatic heterocycles. The minimum absolute atomic E-state index is 0.000725. The minimum Gasteiger partial charge on any atom is -0.478 e. The molecule has 2 aromatic rings. The van der Waals surface area contributed by atoms with Crippen molar-refractivity contribution in [1.82, 2.24) is 14.9 Å². The van der Waals surface area contributed by atoms with Crippen LogP contribution in [0, 0.1) is 5.92 Å². The Morgan fingerprint density at radius 3 is 2.14 bits per heavy atom. The van der Waals surface area contributed by atoms with Gasteiger partial charge in [-0.1, -0.05) is 59.7 Å². The maximum atomic E-state index is 12.3. The number of pyridine rings is 2. The summed E-state index contributed by atoms with van der Waals surface area (Å²) in [6, 6.07) is 2.84. The van der Waals surface area contributed by atoms with Gasteiger partial charge in [-0.2, -0.15) is 0 Å². The number of amides is 1. The molecule has 29 heavy (non-hydrogen) atoms. The first-order valence-electron chi connectivity index (χ1n) is 8.87. The number of hydrogen-bond acceptors (Lipinski definition) is 4. The Morgan fingerprint density at radius 2 is 1.62 bits per heavy atom. The quantitative estimate of drug-likeness (QED) is 0.568. The number of piperidine rings is 1. The second-order valence-electron chi connectivity index (χ2n) is 6.47. The Kier molecular flexibility index (Phi) is 8.96. The summed E-state index contributed by atoms with van der Waals surface area (Å²) in [5.74, 6) is -0.464. The number of rotatable bonds is 3. The number of carboxylic acids is 1. The van der Waals surface area contributed by atoms with E-state index in [0.29, 0.717) is 16.5 Å². The summed E-state index contributed by atoms with van der Waals surface area (Å²) in [4.78, 5) is 32.0. The molecular formula is C19H19Cl4N3O3. The van der Waals surface area contributed by atoms with Crippen LogP contribution in [0.4, 0.5) is 0 Å². The fourth-order valence-electron chi connectivity index (χ4n) is 2.84. The number of carbonyl (C=O) groups is 2. The Bertz CT molecular complexity index is 895. The van der Waals surface area contributed by atoms with Gasteiger partial charge in [0.15, 0.2) is 0 Å². The van der Waals surface area contributed by atoms with Crippen LogP contribution in [0.2, 0.25) is 20.4 Å². The van der Waals surface area contributed by atoms with Crippen LogP contribution in [-0.2, 0) is 0 Å². The third-order valence-corrected chi connectivity index (χ3v) is 5.84. The van der Waals surface area contributed by atoms with Crippen molar-refractivity contribution in [2.24, 2.45) is 5.92 Å². The van der Waals surface area contributed by atoms with E-state index in [9.17, 15) is 9.59 Å². The molecule has 0 bridgehead atoms. The lowest BCUT2D eigenvalue weighted by molar-refractivity contribution is 0.0668. The summed E-state index contributed by atoms with van der Waals surface area (Å²) in [5, 5.41) is 9.27. The highest BCUT2D eigenvalue weighted by Crippen LogP contribution is 2.24. The molecule has 1 atom stereocenters. The van der Waals surface area contributed by atoms with Crippen LogP contribution >= 0.6 is 46.4 Å². The SMILES string of the molecule is CCC1CCCN(C(=O)c2cnc(Cl)c(Cl)c2)C1.O=C(O)c1cnc(Cl)c(Cl)c1. The molecule has 0 radical (unpaired) electrons. The van der Waals surface area contributed by atoms with Crippen molar-refractivity contribution < 1.29 is 14.7 Å². The molecule has 0 aromatic carbocycles. The molecule has 3 heterocycles. The highest BCUT2D eigenvalue weighted by atomic mass is 35.5. The zero-order valence-electron chi connectivity index (χ0n) is 15.5. The van der Waals surface area contributed by atoms with E-state index in [1.54, 1.807) is 6.07 Å². The summed E-state index contributed by atoms with van der Waals surface area (Å²) >= 11 is 22.6. The van der Waals surface area contributed by atoms with Crippen molar-refractivity contribution in [2.75, 3.05) is 13.1 Å². The zero-order chi connectivity index (χ0) is 21.6. The van der Waals surface area contributed by atoms with E-state index in [-0.39, 0.29) is 26.8 Å². The van der Waals surface area contributed by atoms with Crippen LogP contribution in [0.25, 0.3) is 0 Å². The highest BCUT2D eigenvalue weighted by Gasteiger charge is 2.24. The molecule has 1 fully saturated rings. The molecule has 0 aliphatic carbocycles. The average molecular weight is 479 g/mol. The molecule has 6 nitrogen and oxygen atoms in total. The van der Waals surface area contributed by atoms with Crippen LogP contribution < -0.4 is 0 Å². The maximum Gasteiger partial charge on any atom is 0.337 e. The maximum absolute atomic E-state index is 12.3. The minimum atomic E-state index is -1.07. The standard InChI is InChI=1S/C13H16Cl2N2O.C6H3Cl2NO2/c1-2-9-4-3-5-17(8-9)13(18)10-6-11(14)12(15)16-7-10;7-4-1-3(6(10)11)2-9-5(4)8/h6-7,9H,2-5,8H2,1H3;1-2H,(H,10,11). The number of halogens is 4. The largest absolute Gasteiger partial charge is 0.478 e. The number of likely N-dealkylation sites (tertiary alicyclic amines) is 1. The Labute approximate surface area is 188 Å². The summed E-state index contributed by atoms with van der Waals surface area (Å²) in [5.41, 5.74) is 0.542. The van der Waals surface area contributed by atoms with E-state index in [4.69, 9.17) is 51.5 Å². The molecule has 0 spiro atoms. The summed E-state index contributed by atoms with van der Waals surface area (Å²) in [6.45, 7) is 3.81. The van der Waals surface area contributed by atoms with E-state index in [1.807, 2.05) is 4.90 Å². The lowest BCUT2D eigenvalue weighted by Gasteiger charge is -2.32. The molecule has 1 saturated heterocycles. The van der Waals surface area contributed by atoms with Crippen LogP contribution in [0.1, 0.15) is 46.9 Å². The number of nitrogens with zero attached hydrogens (tertiary/aromatic N) is 3. The summed E-state index contributed by atoms with van der Waals surface area (Å²) < 4.78 is 0. The molecule has 10 heteroatoms. The lowest BCUT2D eigenvalue weighted by Crippen LogP contribution is -2.39. The third-order valence-electron chi connectivity index (χ3n) is 4.47. The van der Waals surface area contributed by atoms with E-state index < -0.39 is 5.97 Å². The number of hydrogen-bond donors (Lipinski definition) is 1. The van der Waals surface area contributed by atoms with E-state index in [2.05, 4.69) is 16.9 Å². The van der Waals surface area contributed by atoms with Crippen molar-refractivity contribution in [3.05, 3.63) is 56.0 Å². The Morgan fingerprint density at radius 1 is 1.07 bits per heavy atom. The van der Waals surface area contributed by atoms with Gasteiger partial charge in [-0.25, -0.2) is 14.8 Å². The van der Waals surface area contributed by atoms with Gasteiger partial charge < -0.3 is 10.0 Å². The van der Waals surface area contributed by atoms with Crippen molar-refractivity contribution >= 4 is 58.3 Å². The first-order chi connectivity index (χ1) is 13.7. The van der Waals surface area contributed by atoms with Crippen molar-refractivity contribution in [2.45, 2.75) is 26.2 Å². The third kappa shape index (κ3) is 6.71. The predicted octanol–water partition coefficient (Wildman–Crippen LogP) is 5.74. The Hall–Kier alpha value is -1.60. The number of carboxylic acid groups (broad SMARTS) is 1. The van der Waals surface area contributed by atoms with Crippen LogP contribution in [0.15, 0.2) is 24.5 Å². The number of aromatic nitrogens is 2. The van der Waals surface area contributed by atoms with Gasteiger partial charge in [-0.3, -0.25) is 4.79 Å². The van der Waals surface area contributed by atoms with Gasteiger partial charge in [0.05, 0.1) is 21.2 Å². The predicted molar refractivity (Wildman–Crippen MR) is 114 cm³/mol. The second kappa shape index (κ2) is 11.0. The summed E-state index contributed by atoms with van der Waals surface area (Å²) in [6.07, 6.45) is 6.03. The average Bonchev–Trinajstić information content (AvgIpc) is 2.72. The van der Waals surface area contributed by atoms with Gasteiger partial charge in [0, 0.05) is 25.5 Å². The topological polar surface area (TPSA) is 83.4 Å². The fraction of sp³-hybridized carbons (Fsp3) is 0.368. The highest BCUT2D eigenvalue weighted by molar-refractivity contribution is 6.41. The summed E-state index contributed by atoms with van der Waals surface area (Å²) in [7, 11) is 0. The number of carbonyl (C=O) groups excluding carboxylic acids is 1. The van der Waals surface area contributed by atoms with Gasteiger partial charge in [-0.05, 0) is 30.9 Å². The van der Waals surface area contributed by atoms with Crippen molar-refractivity contribution in [3.63, 3.8) is 0 Å². The lowest BCUT2D eigenvalue weighted by atomic mass is 9.95. The molecule has 156 valence electrons. The van der Waals surface area contributed by atoms with Crippen molar-refractivity contribution in [3.8, 4) is 0 Å². The monoisotopic (exact) mass is 477 g/mol. The van der Waals surface area contributed by atoms with E-state index in [0.717, 1.165) is 32.1 Å².